The van der Waals surface area contributed by atoms with E-state index in [4.69, 9.17) is 9.26 Å². The zero-order valence-electron chi connectivity index (χ0n) is 11.7. The highest BCUT2D eigenvalue weighted by Gasteiger charge is 2.06. The summed E-state index contributed by atoms with van der Waals surface area (Å²) in [6.45, 7) is 0.384. The molecule has 0 bridgehead atoms. The van der Waals surface area contributed by atoms with Gasteiger partial charge in [-0.1, -0.05) is 35.5 Å². The van der Waals surface area contributed by atoms with Crippen molar-refractivity contribution in [3.05, 3.63) is 66.4 Å². The average Bonchev–Trinajstić information content (AvgIpc) is 3.03. The highest BCUT2D eigenvalue weighted by atomic mass is 16.5. The average molecular weight is 280 g/mol. The quantitative estimate of drug-likeness (QED) is 0.768. The second-order valence-corrected chi connectivity index (χ2v) is 4.61. The summed E-state index contributed by atoms with van der Waals surface area (Å²) in [5.74, 6) is 1.55. The van der Waals surface area contributed by atoms with E-state index in [-0.39, 0.29) is 0 Å². The molecule has 0 amide bonds. The first kappa shape index (κ1) is 13.2. The first-order valence-electron chi connectivity index (χ1n) is 6.77. The molecule has 3 aromatic rings. The van der Waals surface area contributed by atoms with Gasteiger partial charge < -0.3 is 14.6 Å². The molecule has 4 nitrogen and oxygen atoms in total. The van der Waals surface area contributed by atoms with E-state index in [1.165, 1.54) is 0 Å². The third-order valence-electron chi connectivity index (χ3n) is 3.15. The largest absolute Gasteiger partial charge is 0.487 e. The van der Waals surface area contributed by atoms with Crippen LogP contribution in [0.3, 0.4) is 0 Å². The monoisotopic (exact) mass is 280 g/mol. The molecule has 0 saturated heterocycles. The first-order valence-corrected chi connectivity index (χ1v) is 6.77. The van der Waals surface area contributed by atoms with Crippen LogP contribution in [0.1, 0.15) is 5.69 Å². The van der Waals surface area contributed by atoms with E-state index < -0.39 is 0 Å². The lowest BCUT2D eigenvalue weighted by molar-refractivity contribution is 0.290. The minimum Gasteiger partial charge on any atom is -0.487 e. The number of aromatic nitrogens is 1. The fraction of sp³-hybridized carbons (Fsp3) is 0.118. The number of nitrogens with zero attached hydrogens (tertiary/aromatic N) is 1. The van der Waals surface area contributed by atoms with Gasteiger partial charge in [0.1, 0.15) is 18.1 Å². The summed E-state index contributed by atoms with van der Waals surface area (Å²) in [4.78, 5) is 0. The summed E-state index contributed by atoms with van der Waals surface area (Å²) >= 11 is 0. The Kier molecular flexibility index (Phi) is 3.87. The van der Waals surface area contributed by atoms with Gasteiger partial charge in [-0.3, -0.25) is 0 Å². The van der Waals surface area contributed by atoms with E-state index in [0.29, 0.717) is 6.61 Å². The highest BCUT2D eigenvalue weighted by molar-refractivity contribution is 5.56. The van der Waals surface area contributed by atoms with E-state index in [1.807, 2.05) is 67.7 Å². The highest BCUT2D eigenvalue weighted by Crippen LogP contribution is 2.21. The minimum atomic E-state index is 0.384. The SMILES string of the molecule is CNc1ccc(OCc2cc(-c3ccccc3)on2)cc1. The van der Waals surface area contributed by atoms with Crippen LogP contribution >= 0.6 is 0 Å². The van der Waals surface area contributed by atoms with Crippen LogP contribution in [0, 0.1) is 0 Å². The van der Waals surface area contributed by atoms with Gasteiger partial charge in [-0.05, 0) is 24.3 Å². The van der Waals surface area contributed by atoms with Crippen molar-refractivity contribution in [1.29, 1.82) is 0 Å². The maximum Gasteiger partial charge on any atom is 0.167 e. The molecule has 0 aliphatic rings. The zero-order chi connectivity index (χ0) is 14.5. The lowest BCUT2D eigenvalue weighted by Crippen LogP contribution is -1.95. The third-order valence-corrected chi connectivity index (χ3v) is 3.15. The van der Waals surface area contributed by atoms with Crippen molar-refractivity contribution in [3.8, 4) is 17.1 Å². The van der Waals surface area contributed by atoms with Crippen molar-refractivity contribution in [2.75, 3.05) is 12.4 Å². The molecule has 1 N–H and O–H groups in total. The Labute approximate surface area is 123 Å². The smallest absolute Gasteiger partial charge is 0.167 e. The van der Waals surface area contributed by atoms with Gasteiger partial charge in [-0.25, -0.2) is 0 Å². The van der Waals surface area contributed by atoms with Gasteiger partial charge in [0, 0.05) is 24.4 Å². The standard InChI is InChI=1S/C17H16N2O2/c1-18-14-7-9-16(10-8-14)20-12-15-11-17(21-19-15)13-5-3-2-4-6-13/h2-11,18H,12H2,1H3. The molecule has 0 unspecified atom stereocenters. The van der Waals surface area contributed by atoms with Crippen molar-refractivity contribution < 1.29 is 9.26 Å². The second kappa shape index (κ2) is 6.13. The predicted octanol–water partition coefficient (Wildman–Crippen LogP) is 3.96. The summed E-state index contributed by atoms with van der Waals surface area (Å²) in [5.41, 5.74) is 2.83. The fourth-order valence-electron chi connectivity index (χ4n) is 1.99. The summed E-state index contributed by atoms with van der Waals surface area (Å²) < 4.78 is 11.0. The van der Waals surface area contributed by atoms with E-state index in [9.17, 15) is 0 Å². The summed E-state index contributed by atoms with van der Waals surface area (Å²) in [7, 11) is 1.89. The summed E-state index contributed by atoms with van der Waals surface area (Å²) in [6.07, 6.45) is 0. The lowest BCUT2D eigenvalue weighted by Gasteiger charge is -2.04. The van der Waals surface area contributed by atoms with E-state index in [1.54, 1.807) is 0 Å². The molecule has 4 heteroatoms. The fourth-order valence-corrected chi connectivity index (χ4v) is 1.99. The van der Waals surface area contributed by atoms with Crippen molar-refractivity contribution >= 4 is 5.69 Å². The van der Waals surface area contributed by atoms with E-state index >= 15 is 0 Å². The molecule has 0 fully saturated rings. The molecule has 1 heterocycles. The van der Waals surface area contributed by atoms with Crippen LogP contribution in [0.2, 0.25) is 0 Å². The van der Waals surface area contributed by atoms with E-state index in [0.717, 1.165) is 28.5 Å². The number of rotatable bonds is 5. The van der Waals surface area contributed by atoms with Gasteiger partial charge in [0.05, 0.1) is 0 Å². The minimum absolute atomic E-state index is 0.384. The summed E-state index contributed by atoms with van der Waals surface area (Å²) in [6, 6.07) is 19.6. The molecule has 1 aromatic heterocycles. The van der Waals surface area contributed by atoms with Crippen LogP contribution in [0.25, 0.3) is 11.3 Å². The Hall–Kier alpha value is -2.75. The zero-order valence-corrected chi connectivity index (χ0v) is 11.7. The lowest BCUT2D eigenvalue weighted by atomic mass is 10.2. The Morgan fingerprint density at radius 2 is 1.81 bits per heavy atom. The van der Waals surface area contributed by atoms with Crippen LogP contribution in [-0.2, 0) is 6.61 Å². The number of nitrogens with one attached hydrogen (secondary N) is 1. The maximum atomic E-state index is 5.69. The molecular formula is C17H16N2O2. The topological polar surface area (TPSA) is 47.3 Å². The summed E-state index contributed by atoms with van der Waals surface area (Å²) in [5, 5.41) is 7.10. The Morgan fingerprint density at radius 3 is 2.52 bits per heavy atom. The van der Waals surface area contributed by atoms with Gasteiger partial charge in [0.15, 0.2) is 5.76 Å². The number of hydrogen-bond donors (Lipinski definition) is 1. The Bertz CT molecular complexity index is 690. The Morgan fingerprint density at radius 1 is 1.05 bits per heavy atom. The van der Waals surface area contributed by atoms with Crippen molar-refractivity contribution in [3.63, 3.8) is 0 Å². The Balaban J connectivity index is 1.64. The molecule has 0 atom stereocenters. The molecule has 0 spiro atoms. The molecule has 0 radical (unpaired) electrons. The van der Waals surface area contributed by atoms with Gasteiger partial charge in [-0.15, -0.1) is 0 Å². The number of hydrogen-bond acceptors (Lipinski definition) is 4. The molecule has 0 aliphatic heterocycles. The van der Waals surface area contributed by atoms with Gasteiger partial charge in [-0.2, -0.15) is 0 Å². The molecule has 0 aliphatic carbocycles. The van der Waals surface area contributed by atoms with Crippen molar-refractivity contribution in [1.82, 2.24) is 5.16 Å². The number of ether oxygens (including phenoxy) is 1. The number of anilines is 1. The predicted molar refractivity (Wildman–Crippen MR) is 82.3 cm³/mol. The maximum absolute atomic E-state index is 5.69. The molecule has 21 heavy (non-hydrogen) atoms. The van der Waals surface area contributed by atoms with Crippen LogP contribution in [0.4, 0.5) is 5.69 Å². The first-order chi connectivity index (χ1) is 10.3. The number of benzene rings is 2. The normalized spacial score (nSPS) is 10.3. The van der Waals surface area contributed by atoms with Crippen LogP contribution < -0.4 is 10.1 Å². The van der Waals surface area contributed by atoms with Crippen molar-refractivity contribution in [2.45, 2.75) is 6.61 Å². The van der Waals surface area contributed by atoms with E-state index in [2.05, 4.69) is 10.5 Å². The molecule has 0 saturated carbocycles. The van der Waals surface area contributed by atoms with Crippen LogP contribution in [-0.4, -0.2) is 12.2 Å². The van der Waals surface area contributed by atoms with Crippen LogP contribution in [0.5, 0.6) is 5.75 Å². The van der Waals surface area contributed by atoms with Crippen LogP contribution in [0.15, 0.2) is 65.2 Å². The van der Waals surface area contributed by atoms with Gasteiger partial charge in [0.2, 0.25) is 0 Å². The third kappa shape index (κ3) is 3.23. The van der Waals surface area contributed by atoms with Gasteiger partial charge >= 0.3 is 0 Å². The molecule has 3 rings (SSSR count). The van der Waals surface area contributed by atoms with Crippen molar-refractivity contribution in [2.24, 2.45) is 0 Å². The van der Waals surface area contributed by atoms with Gasteiger partial charge in [0.25, 0.3) is 0 Å². The molecule has 2 aromatic carbocycles. The molecular weight excluding hydrogens is 264 g/mol. The second-order valence-electron chi connectivity index (χ2n) is 4.61. The molecule has 106 valence electrons.